The zero-order valence-corrected chi connectivity index (χ0v) is 10.6. The summed E-state index contributed by atoms with van der Waals surface area (Å²) in [7, 11) is 3.31. The summed E-state index contributed by atoms with van der Waals surface area (Å²) in [6, 6.07) is 7.21. The van der Waals surface area contributed by atoms with Crippen LogP contribution in [0.2, 0.25) is 6.82 Å². The third-order valence-electron chi connectivity index (χ3n) is 2.28. The van der Waals surface area contributed by atoms with E-state index in [2.05, 4.69) is 0 Å². The number of hydrogen-bond donors (Lipinski definition) is 0. The summed E-state index contributed by atoms with van der Waals surface area (Å²) in [4.78, 5) is 11.4. The van der Waals surface area contributed by atoms with Gasteiger partial charge in [0.2, 0.25) is 0 Å². The number of benzene rings is 1. The molecule has 1 radical (unpaired) electrons. The van der Waals surface area contributed by atoms with Crippen LogP contribution in [-0.2, 0) is 0 Å². The maximum Gasteiger partial charge on any atom is 0.329 e. The molecule has 1 aromatic heterocycles. The molecule has 0 saturated carbocycles. The Bertz CT molecular complexity index is 546. The summed E-state index contributed by atoms with van der Waals surface area (Å²) < 4.78 is 10.2. The molecule has 0 spiro atoms. The molecule has 2 rings (SSSR count). The van der Waals surface area contributed by atoms with E-state index in [1.807, 2.05) is 32.8 Å². The zero-order chi connectivity index (χ0) is 12.8. The van der Waals surface area contributed by atoms with Gasteiger partial charge in [-0.25, -0.2) is 4.79 Å². The zero-order valence-electron chi connectivity index (χ0n) is 10.6. The van der Waals surface area contributed by atoms with Crippen molar-refractivity contribution in [1.82, 2.24) is 0 Å². The van der Waals surface area contributed by atoms with Crippen LogP contribution in [0.15, 0.2) is 33.5 Å². The normalized spacial score (nSPS) is 9.41. The van der Waals surface area contributed by atoms with Crippen LogP contribution in [0.1, 0.15) is 13.8 Å². The molecule has 1 aromatic carbocycles. The predicted octanol–water partition coefficient (Wildman–Crippen LogP) is 2.21. The molecule has 0 aliphatic heterocycles. The first-order chi connectivity index (χ1) is 8.24. The molecule has 4 heteroatoms. The van der Waals surface area contributed by atoms with Crippen molar-refractivity contribution in [3.05, 3.63) is 34.7 Å². The van der Waals surface area contributed by atoms with Crippen LogP contribution >= 0.6 is 0 Å². The van der Waals surface area contributed by atoms with Gasteiger partial charge >= 0.3 is 5.63 Å². The van der Waals surface area contributed by atoms with Gasteiger partial charge in [-0.15, -0.1) is 0 Å². The third-order valence-corrected chi connectivity index (χ3v) is 2.28. The summed E-state index contributed by atoms with van der Waals surface area (Å²) in [5.41, 5.74) is 0.802. The summed E-state index contributed by atoms with van der Waals surface area (Å²) >= 11 is 0. The highest BCUT2D eigenvalue weighted by atomic mass is 16.5. The first-order valence-corrected chi connectivity index (χ1v) is 5.66. The van der Waals surface area contributed by atoms with Crippen molar-refractivity contribution in [3.63, 3.8) is 0 Å². The average Bonchev–Trinajstić information content (AvgIpc) is 2.39. The van der Waals surface area contributed by atoms with Crippen LogP contribution in [0.25, 0.3) is 11.0 Å². The van der Waals surface area contributed by atoms with E-state index in [0.717, 1.165) is 5.39 Å². The molecule has 89 valence electrons. The lowest BCUT2D eigenvalue weighted by molar-refractivity contribution is 0.414. The van der Waals surface area contributed by atoms with Gasteiger partial charge in [-0.3, -0.25) is 0 Å². The minimum absolute atomic E-state index is 0.321. The maximum atomic E-state index is 11.4. The second kappa shape index (κ2) is 6.13. The molecule has 17 heavy (non-hydrogen) atoms. The molecule has 0 aliphatic carbocycles. The predicted molar refractivity (Wildman–Crippen MR) is 71.6 cm³/mol. The van der Waals surface area contributed by atoms with Gasteiger partial charge in [0.15, 0.2) is 7.28 Å². The van der Waals surface area contributed by atoms with Gasteiger partial charge in [0, 0.05) is 11.5 Å². The maximum absolute atomic E-state index is 11.4. The van der Waals surface area contributed by atoms with Crippen molar-refractivity contribution < 1.29 is 9.15 Å². The quantitative estimate of drug-likeness (QED) is 0.587. The fourth-order valence-electron chi connectivity index (χ4n) is 1.44. The third kappa shape index (κ3) is 2.90. The molecule has 0 bridgehead atoms. The van der Waals surface area contributed by atoms with E-state index in [4.69, 9.17) is 9.15 Å². The summed E-state index contributed by atoms with van der Waals surface area (Å²) in [5.74, 6) is 0.680. The SMILES string of the molecule is CC.C[B]c1cc2ccc(OC)cc2oc1=O. The van der Waals surface area contributed by atoms with Gasteiger partial charge in [0.05, 0.1) is 7.11 Å². The van der Waals surface area contributed by atoms with Crippen LogP contribution in [0.5, 0.6) is 5.75 Å². The van der Waals surface area contributed by atoms with Crippen molar-refractivity contribution in [1.29, 1.82) is 0 Å². The molecule has 1 heterocycles. The fourth-order valence-corrected chi connectivity index (χ4v) is 1.44. The Labute approximate surface area is 102 Å². The molecule has 0 saturated heterocycles. The minimum atomic E-state index is -0.321. The highest BCUT2D eigenvalue weighted by Gasteiger charge is 2.04. The van der Waals surface area contributed by atoms with Crippen molar-refractivity contribution in [2.24, 2.45) is 0 Å². The summed E-state index contributed by atoms with van der Waals surface area (Å²) in [6.45, 7) is 5.81. The number of ether oxygens (including phenoxy) is 1. The first kappa shape index (κ1) is 13.4. The van der Waals surface area contributed by atoms with Crippen molar-refractivity contribution >= 4 is 23.7 Å². The Morgan fingerprint density at radius 2 is 1.94 bits per heavy atom. The van der Waals surface area contributed by atoms with E-state index in [0.29, 0.717) is 16.8 Å². The largest absolute Gasteiger partial charge is 0.497 e. The van der Waals surface area contributed by atoms with Crippen LogP contribution in [0.4, 0.5) is 0 Å². The lowest BCUT2D eigenvalue weighted by atomic mass is 9.74. The van der Waals surface area contributed by atoms with E-state index in [1.165, 1.54) is 0 Å². The van der Waals surface area contributed by atoms with Crippen LogP contribution < -0.4 is 15.8 Å². The second-order valence-electron chi connectivity index (χ2n) is 3.18. The van der Waals surface area contributed by atoms with Crippen LogP contribution in [0, 0.1) is 0 Å². The Kier molecular flexibility index (Phi) is 4.82. The molecule has 0 N–H and O–H groups in total. The van der Waals surface area contributed by atoms with E-state index >= 15 is 0 Å². The monoisotopic (exact) mass is 231 g/mol. The molecule has 0 amide bonds. The summed E-state index contributed by atoms with van der Waals surface area (Å²) in [6.07, 6.45) is 0. The number of hydrogen-bond acceptors (Lipinski definition) is 3. The first-order valence-electron chi connectivity index (χ1n) is 5.66. The second-order valence-corrected chi connectivity index (χ2v) is 3.18. The highest BCUT2D eigenvalue weighted by Crippen LogP contribution is 2.18. The van der Waals surface area contributed by atoms with Crippen molar-refractivity contribution in [2.75, 3.05) is 7.11 Å². The number of methoxy groups -OCH3 is 1. The minimum Gasteiger partial charge on any atom is -0.497 e. The number of rotatable bonds is 2. The molecule has 0 fully saturated rings. The molecule has 0 aliphatic rings. The molecule has 0 unspecified atom stereocenters. The Hall–Kier alpha value is -1.71. The van der Waals surface area contributed by atoms with Gasteiger partial charge in [0.1, 0.15) is 11.3 Å². The Morgan fingerprint density at radius 3 is 2.53 bits per heavy atom. The van der Waals surface area contributed by atoms with Gasteiger partial charge in [-0.05, 0) is 17.6 Å². The molecular weight excluding hydrogens is 215 g/mol. The Balaban J connectivity index is 0.000000686. The lowest BCUT2D eigenvalue weighted by Gasteiger charge is -2.02. The van der Waals surface area contributed by atoms with Gasteiger partial charge in [-0.1, -0.05) is 26.7 Å². The van der Waals surface area contributed by atoms with Crippen LogP contribution in [-0.4, -0.2) is 14.4 Å². The average molecular weight is 231 g/mol. The standard InChI is InChI=1S/C11H10BO3.C2H6/c1-12-9-5-7-3-4-8(14-2)6-10(7)15-11(9)13;1-2/h3-6H,1-2H3;1-2H3. The molecular formula is C13H16BO3. The van der Waals surface area contributed by atoms with Crippen molar-refractivity contribution in [2.45, 2.75) is 20.7 Å². The van der Waals surface area contributed by atoms with E-state index < -0.39 is 0 Å². The molecule has 0 atom stereocenters. The molecule has 2 aromatic rings. The Morgan fingerprint density at radius 1 is 1.24 bits per heavy atom. The fraction of sp³-hybridized carbons (Fsp3) is 0.308. The smallest absolute Gasteiger partial charge is 0.329 e. The van der Waals surface area contributed by atoms with Gasteiger partial charge in [0.25, 0.3) is 0 Å². The number of fused-ring (bicyclic) bond motifs is 1. The van der Waals surface area contributed by atoms with Crippen LogP contribution in [0.3, 0.4) is 0 Å². The van der Waals surface area contributed by atoms with Gasteiger partial charge in [-0.2, -0.15) is 0 Å². The van der Waals surface area contributed by atoms with E-state index in [-0.39, 0.29) is 5.63 Å². The summed E-state index contributed by atoms with van der Waals surface area (Å²) in [5, 5.41) is 0.892. The van der Waals surface area contributed by atoms with E-state index in [9.17, 15) is 4.79 Å². The molecule has 3 nitrogen and oxygen atoms in total. The van der Waals surface area contributed by atoms with Crippen molar-refractivity contribution in [3.8, 4) is 5.75 Å². The lowest BCUT2D eigenvalue weighted by Crippen LogP contribution is -2.28. The van der Waals surface area contributed by atoms with Gasteiger partial charge < -0.3 is 9.15 Å². The van der Waals surface area contributed by atoms with E-state index in [1.54, 1.807) is 26.5 Å². The highest BCUT2D eigenvalue weighted by molar-refractivity contribution is 6.51. The topological polar surface area (TPSA) is 39.4 Å².